The first-order chi connectivity index (χ1) is 11.7. The van der Waals surface area contributed by atoms with Crippen molar-refractivity contribution in [3.63, 3.8) is 0 Å². The standard InChI is InChI=1S/C19H27N3O2/c1-21-10-12-22(13-11-21)9-8-16-2-4-17(5-3-16)20-14-18-6-7-19(15-23)24-18/h2-7,20,23H,8-15H2,1H3. The zero-order valence-corrected chi connectivity index (χ0v) is 14.4. The minimum Gasteiger partial charge on any atom is -0.462 e. The van der Waals surface area contributed by atoms with Gasteiger partial charge in [-0.3, -0.25) is 0 Å². The average molecular weight is 329 g/mol. The molecular weight excluding hydrogens is 302 g/mol. The molecule has 2 aromatic rings. The van der Waals surface area contributed by atoms with E-state index < -0.39 is 0 Å². The Hall–Kier alpha value is -1.82. The van der Waals surface area contributed by atoms with Gasteiger partial charge in [0.05, 0.1) is 6.54 Å². The molecule has 0 bridgehead atoms. The van der Waals surface area contributed by atoms with Crippen LogP contribution in [0.2, 0.25) is 0 Å². The number of anilines is 1. The van der Waals surface area contributed by atoms with E-state index in [1.807, 2.05) is 6.07 Å². The third kappa shape index (κ3) is 4.84. The molecule has 1 fully saturated rings. The largest absolute Gasteiger partial charge is 0.462 e. The van der Waals surface area contributed by atoms with Gasteiger partial charge in [-0.1, -0.05) is 12.1 Å². The SMILES string of the molecule is CN1CCN(CCc2ccc(NCc3ccc(CO)o3)cc2)CC1. The highest BCUT2D eigenvalue weighted by molar-refractivity contribution is 5.44. The van der Waals surface area contributed by atoms with Crippen molar-refractivity contribution in [2.24, 2.45) is 0 Å². The Bertz CT molecular complexity index is 616. The molecule has 0 atom stereocenters. The van der Waals surface area contributed by atoms with Crippen LogP contribution in [0.1, 0.15) is 17.1 Å². The third-order valence-corrected chi connectivity index (χ3v) is 4.61. The molecule has 24 heavy (non-hydrogen) atoms. The lowest BCUT2D eigenvalue weighted by Crippen LogP contribution is -2.45. The third-order valence-electron chi connectivity index (χ3n) is 4.61. The lowest BCUT2D eigenvalue weighted by molar-refractivity contribution is 0.155. The molecule has 1 aliphatic heterocycles. The summed E-state index contributed by atoms with van der Waals surface area (Å²) in [5, 5.41) is 12.3. The summed E-state index contributed by atoms with van der Waals surface area (Å²) >= 11 is 0. The second-order valence-electron chi connectivity index (χ2n) is 6.47. The normalized spacial score (nSPS) is 16.4. The van der Waals surface area contributed by atoms with Crippen molar-refractivity contribution >= 4 is 5.69 Å². The number of hydrogen-bond donors (Lipinski definition) is 2. The first-order valence-corrected chi connectivity index (χ1v) is 8.65. The second kappa shape index (κ2) is 8.33. The van der Waals surface area contributed by atoms with E-state index in [0.29, 0.717) is 12.3 Å². The number of aliphatic hydroxyl groups excluding tert-OH is 1. The highest BCUT2D eigenvalue weighted by Gasteiger charge is 2.13. The topological polar surface area (TPSA) is 51.9 Å². The summed E-state index contributed by atoms with van der Waals surface area (Å²) in [6.45, 7) is 6.41. The molecule has 2 heterocycles. The predicted molar refractivity (Wildman–Crippen MR) is 96.0 cm³/mol. The Balaban J connectivity index is 1.43. The number of nitrogens with zero attached hydrogens (tertiary/aromatic N) is 2. The van der Waals surface area contributed by atoms with Crippen LogP contribution in [-0.2, 0) is 19.6 Å². The van der Waals surface area contributed by atoms with Gasteiger partial charge >= 0.3 is 0 Å². The zero-order valence-electron chi connectivity index (χ0n) is 14.4. The van der Waals surface area contributed by atoms with Crippen LogP contribution in [0.5, 0.6) is 0 Å². The number of benzene rings is 1. The maximum Gasteiger partial charge on any atom is 0.129 e. The summed E-state index contributed by atoms with van der Waals surface area (Å²) in [5.41, 5.74) is 2.46. The van der Waals surface area contributed by atoms with Crippen LogP contribution >= 0.6 is 0 Å². The summed E-state index contributed by atoms with van der Waals surface area (Å²) < 4.78 is 5.47. The highest BCUT2D eigenvalue weighted by atomic mass is 16.4. The molecule has 5 heteroatoms. The van der Waals surface area contributed by atoms with Gasteiger partial charge in [0.15, 0.2) is 0 Å². The lowest BCUT2D eigenvalue weighted by atomic mass is 10.1. The predicted octanol–water partition coefficient (Wildman–Crippen LogP) is 2.17. The van der Waals surface area contributed by atoms with Crippen molar-refractivity contribution in [1.82, 2.24) is 9.80 Å². The summed E-state index contributed by atoms with van der Waals surface area (Å²) in [6, 6.07) is 12.3. The number of likely N-dealkylation sites (N-methyl/N-ethyl adjacent to an activating group) is 1. The first kappa shape index (κ1) is 17.0. The van der Waals surface area contributed by atoms with Gasteiger partial charge in [0.1, 0.15) is 18.1 Å². The van der Waals surface area contributed by atoms with Gasteiger partial charge in [-0.2, -0.15) is 0 Å². The minimum absolute atomic E-state index is 0.0536. The molecule has 0 saturated carbocycles. The van der Waals surface area contributed by atoms with Crippen LogP contribution in [0.3, 0.4) is 0 Å². The Morgan fingerprint density at radius 2 is 1.71 bits per heavy atom. The Morgan fingerprint density at radius 1 is 1.00 bits per heavy atom. The van der Waals surface area contributed by atoms with E-state index in [9.17, 15) is 0 Å². The van der Waals surface area contributed by atoms with Gasteiger partial charge in [0.2, 0.25) is 0 Å². The summed E-state index contributed by atoms with van der Waals surface area (Å²) in [7, 11) is 2.19. The number of aliphatic hydroxyl groups is 1. The van der Waals surface area contributed by atoms with E-state index in [4.69, 9.17) is 9.52 Å². The van der Waals surface area contributed by atoms with Crippen LogP contribution in [0.25, 0.3) is 0 Å². The number of rotatable bonds is 7. The van der Waals surface area contributed by atoms with Crippen LogP contribution in [0.15, 0.2) is 40.8 Å². The van der Waals surface area contributed by atoms with Crippen molar-refractivity contribution in [2.75, 3.05) is 45.1 Å². The van der Waals surface area contributed by atoms with Crippen LogP contribution in [0, 0.1) is 0 Å². The van der Waals surface area contributed by atoms with E-state index in [1.165, 1.54) is 31.7 Å². The van der Waals surface area contributed by atoms with Gasteiger partial charge in [0, 0.05) is 38.4 Å². The zero-order chi connectivity index (χ0) is 16.8. The monoisotopic (exact) mass is 329 g/mol. The van der Waals surface area contributed by atoms with Crippen molar-refractivity contribution < 1.29 is 9.52 Å². The fraction of sp³-hybridized carbons (Fsp3) is 0.474. The fourth-order valence-electron chi connectivity index (χ4n) is 2.94. The van der Waals surface area contributed by atoms with Crippen molar-refractivity contribution in [1.29, 1.82) is 0 Å². The number of hydrogen-bond acceptors (Lipinski definition) is 5. The molecule has 5 nitrogen and oxygen atoms in total. The van der Waals surface area contributed by atoms with Crippen molar-refractivity contribution in [2.45, 2.75) is 19.6 Å². The van der Waals surface area contributed by atoms with E-state index in [-0.39, 0.29) is 6.61 Å². The maximum atomic E-state index is 9.00. The number of nitrogens with one attached hydrogen (secondary N) is 1. The molecule has 0 spiro atoms. The summed E-state index contributed by atoms with van der Waals surface area (Å²) in [5.74, 6) is 1.43. The Labute approximate surface area is 143 Å². The molecule has 1 aliphatic rings. The van der Waals surface area contributed by atoms with Gasteiger partial charge in [0.25, 0.3) is 0 Å². The van der Waals surface area contributed by atoms with E-state index >= 15 is 0 Å². The average Bonchev–Trinajstić information content (AvgIpc) is 3.08. The van der Waals surface area contributed by atoms with Crippen molar-refractivity contribution in [3.05, 3.63) is 53.5 Å². The molecule has 130 valence electrons. The molecule has 2 N–H and O–H groups in total. The van der Waals surface area contributed by atoms with Gasteiger partial charge in [-0.05, 0) is 43.3 Å². The number of furan rings is 1. The first-order valence-electron chi connectivity index (χ1n) is 8.65. The van der Waals surface area contributed by atoms with E-state index in [1.54, 1.807) is 6.07 Å². The molecular formula is C19H27N3O2. The molecule has 0 amide bonds. The molecule has 1 aromatic heterocycles. The molecule has 1 aromatic carbocycles. The van der Waals surface area contributed by atoms with E-state index in [2.05, 4.69) is 46.4 Å². The van der Waals surface area contributed by atoms with Gasteiger partial charge in [-0.15, -0.1) is 0 Å². The van der Waals surface area contributed by atoms with Gasteiger partial charge < -0.3 is 24.6 Å². The lowest BCUT2D eigenvalue weighted by Gasteiger charge is -2.32. The highest BCUT2D eigenvalue weighted by Crippen LogP contribution is 2.14. The van der Waals surface area contributed by atoms with Crippen LogP contribution < -0.4 is 5.32 Å². The maximum absolute atomic E-state index is 9.00. The smallest absolute Gasteiger partial charge is 0.129 e. The molecule has 1 saturated heterocycles. The minimum atomic E-state index is -0.0536. The summed E-state index contributed by atoms with van der Waals surface area (Å²) in [4.78, 5) is 4.93. The van der Waals surface area contributed by atoms with Crippen molar-refractivity contribution in [3.8, 4) is 0 Å². The van der Waals surface area contributed by atoms with E-state index in [0.717, 1.165) is 24.4 Å². The fourth-order valence-corrected chi connectivity index (χ4v) is 2.94. The number of piperazine rings is 1. The Morgan fingerprint density at radius 3 is 2.38 bits per heavy atom. The molecule has 3 rings (SSSR count). The second-order valence-corrected chi connectivity index (χ2v) is 6.47. The molecule has 0 aliphatic carbocycles. The van der Waals surface area contributed by atoms with Crippen LogP contribution in [0.4, 0.5) is 5.69 Å². The van der Waals surface area contributed by atoms with Crippen LogP contribution in [-0.4, -0.2) is 54.7 Å². The van der Waals surface area contributed by atoms with Gasteiger partial charge in [-0.25, -0.2) is 0 Å². The molecule has 0 radical (unpaired) electrons. The summed E-state index contributed by atoms with van der Waals surface area (Å²) in [6.07, 6.45) is 1.10. The quantitative estimate of drug-likeness (QED) is 0.815. The molecule has 0 unspecified atom stereocenters. The Kier molecular flexibility index (Phi) is 5.91.